The average Bonchev–Trinajstić information content (AvgIpc) is 2.87. The molecule has 1 unspecified atom stereocenters. The van der Waals surface area contributed by atoms with Crippen LogP contribution in [0.5, 0.6) is 0 Å². The highest BCUT2D eigenvalue weighted by molar-refractivity contribution is 5.99. The van der Waals surface area contributed by atoms with Gasteiger partial charge in [0.2, 0.25) is 0 Å². The number of rotatable bonds is 3. The van der Waals surface area contributed by atoms with Crippen LogP contribution in [0.2, 0.25) is 0 Å². The smallest absolute Gasteiger partial charge is 0.334 e. The molecule has 0 saturated heterocycles. The highest BCUT2D eigenvalue weighted by Crippen LogP contribution is 2.42. The minimum atomic E-state index is -0.220. The Balaban J connectivity index is 2.13. The lowest BCUT2D eigenvalue weighted by atomic mass is 9.86. The Morgan fingerprint density at radius 1 is 1.05 bits per heavy atom. The molecule has 3 rings (SSSR count). The molecule has 21 heavy (non-hydrogen) atoms. The van der Waals surface area contributed by atoms with Crippen molar-refractivity contribution in [1.82, 2.24) is 0 Å². The summed E-state index contributed by atoms with van der Waals surface area (Å²) in [5.41, 5.74) is 5.37. The Morgan fingerprint density at radius 2 is 1.71 bits per heavy atom. The third kappa shape index (κ3) is 2.38. The number of ether oxygens (including phenoxy) is 1. The summed E-state index contributed by atoms with van der Waals surface area (Å²) in [5.74, 6) is -0.247. The first-order chi connectivity index (χ1) is 10.2. The van der Waals surface area contributed by atoms with Crippen molar-refractivity contribution in [3.63, 3.8) is 0 Å². The van der Waals surface area contributed by atoms with E-state index >= 15 is 0 Å². The van der Waals surface area contributed by atoms with Crippen LogP contribution < -0.4 is 0 Å². The molecule has 0 amide bonds. The van der Waals surface area contributed by atoms with Gasteiger partial charge in [0, 0.05) is 11.5 Å². The van der Waals surface area contributed by atoms with Crippen LogP contribution in [0.3, 0.4) is 0 Å². The van der Waals surface area contributed by atoms with Crippen LogP contribution >= 0.6 is 0 Å². The molecule has 0 bridgehead atoms. The molecular weight excluding hydrogens is 260 g/mol. The predicted molar refractivity (Wildman–Crippen MR) is 84.1 cm³/mol. The van der Waals surface area contributed by atoms with Crippen molar-refractivity contribution in [2.45, 2.75) is 19.8 Å². The molecule has 0 aromatic heterocycles. The minimum Gasteiger partial charge on any atom is -0.463 e. The van der Waals surface area contributed by atoms with Gasteiger partial charge >= 0.3 is 5.97 Å². The largest absolute Gasteiger partial charge is 0.463 e. The van der Waals surface area contributed by atoms with E-state index in [0.717, 1.165) is 11.1 Å². The van der Waals surface area contributed by atoms with E-state index in [0.29, 0.717) is 6.61 Å². The molecule has 1 atom stereocenters. The normalized spacial score (nSPS) is 16.3. The summed E-state index contributed by atoms with van der Waals surface area (Å²) in [6.45, 7) is 4.31. The third-order valence-corrected chi connectivity index (χ3v) is 3.94. The van der Waals surface area contributed by atoms with Crippen LogP contribution in [0, 0.1) is 6.92 Å². The van der Waals surface area contributed by atoms with Crippen molar-refractivity contribution in [1.29, 1.82) is 0 Å². The van der Waals surface area contributed by atoms with Crippen molar-refractivity contribution in [2.24, 2.45) is 0 Å². The minimum absolute atomic E-state index is 0.0264. The van der Waals surface area contributed by atoms with Gasteiger partial charge in [-0.15, -0.1) is 0 Å². The van der Waals surface area contributed by atoms with E-state index < -0.39 is 0 Å². The topological polar surface area (TPSA) is 26.3 Å². The highest BCUT2D eigenvalue weighted by Gasteiger charge is 2.32. The number of hydrogen-bond donors (Lipinski definition) is 0. The SMILES string of the molecule is CCOC(=O)C1=Cc2ccccc2C1c1ccccc1C. The van der Waals surface area contributed by atoms with Crippen molar-refractivity contribution in [3.8, 4) is 0 Å². The second-order valence-corrected chi connectivity index (χ2v) is 5.24. The van der Waals surface area contributed by atoms with Crippen LogP contribution in [0.4, 0.5) is 0 Å². The van der Waals surface area contributed by atoms with Gasteiger partial charge in [0.05, 0.1) is 6.61 Å². The fourth-order valence-corrected chi connectivity index (χ4v) is 2.96. The lowest BCUT2D eigenvalue weighted by Gasteiger charge is -2.18. The van der Waals surface area contributed by atoms with E-state index in [4.69, 9.17) is 4.74 Å². The lowest BCUT2D eigenvalue weighted by Crippen LogP contribution is -2.14. The van der Waals surface area contributed by atoms with Gasteiger partial charge in [-0.2, -0.15) is 0 Å². The molecule has 2 heteroatoms. The molecule has 2 aromatic carbocycles. The average molecular weight is 278 g/mol. The molecule has 2 aromatic rings. The van der Waals surface area contributed by atoms with Crippen molar-refractivity contribution in [3.05, 3.63) is 76.4 Å². The van der Waals surface area contributed by atoms with E-state index in [1.54, 1.807) is 0 Å². The summed E-state index contributed by atoms with van der Waals surface area (Å²) >= 11 is 0. The van der Waals surface area contributed by atoms with Crippen molar-refractivity contribution < 1.29 is 9.53 Å². The highest BCUT2D eigenvalue weighted by atomic mass is 16.5. The molecule has 0 radical (unpaired) electrons. The molecule has 0 N–H and O–H groups in total. The zero-order chi connectivity index (χ0) is 14.8. The summed E-state index contributed by atoms with van der Waals surface area (Å²) in [4.78, 5) is 12.3. The zero-order valence-corrected chi connectivity index (χ0v) is 12.3. The number of carbonyl (C=O) groups excluding carboxylic acids is 1. The van der Waals surface area contributed by atoms with E-state index in [2.05, 4.69) is 25.1 Å². The molecular formula is C19H18O2. The fourth-order valence-electron chi connectivity index (χ4n) is 2.96. The molecule has 1 aliphatic rings. The van der Waals surface area contributed by atoms with Crippen LogP contribution in [0.25, 0.3) is 6.08 Å². The summed E-state index contributed by atoms with van der Waals surface area (Å²) < 4.78 is 5.24. The Morgan fingerprint density at radius 3 is 2.43 bits per heavy atom. The second kappa shape index (κ2) is 5.57. The first-order valence-corrected chi connectivity index (χ1v) is 7.25. The predicted octanol–water partition coefficient (Wildman–Crippen LogP) is 4.09. The van der Waals surface area contributed by atoms with Crippen molar-refractivity contribution >= 4 is 12.0 Å². The maximum Gasteiger partial charge on any atom is 0.334 e. The van der Waals surface area contributed by atoms with Gasteiger partial charge in [-0.25, -0.2) is 4.79 Å². The van der Waals surface area contributed by atoms with Gasteiger partial charge in [-0.05, 0) is 42.2 Å². The number of fused-ring (bicyclic) bond motifs is 1. The van der Waals surface area contributed by atoms with E-state index in [1.807, 2.05) is 43.3 Å². The summed E-state index contributed by atoms with van der Waals surface area (Å²) in [7, 11) is 0. The molecule has 1 aliphatic carbocycles. The first-order valence-electron chi connectivity index (χ1n) is 7.25. The quantitative estimate of drug-likeness (QED) is 0.791. The molecule has 0 fully saturated rings. The van der Waals surface area contributed by atoms with E-state index in [9.17, 15) is 4.79 Å². The molecule has 2 nitrogen and oxygen atoms in total. The van der Waals surface area contributed by atoms with Gasteiger partial charge in [0.25, 0.3) is 0 Å². The van der Waals surface area contributed by atoms with Gasteiger partial charge in [-0.1, -0.05) is 48.5 Å². The molecule has 106 valence electrons. The van der Waals surface area contributed by atoms with Gasteiger partial charge in [0.15, 0.2) is 0 Å². The third-order valence-electron chi connectivity index (χ3n) is 3.94. The Hall–Kier alpha value is -2.35. The fraction of sp³-hybridized carbons (Fsp3) is 0.211. The second-order valence-electron chi connectivity index (χ2n) is 5.24. The van der Waals surface area contributed by atoms with Crippen LogP contribution in [0.1, 0.15) is 35.1 Å². The zero-order valence-electron chi connectivity index (χ0n) is 12.3. The first kappa shape index (κ1) is 13.6. The van der Waals surface area contributed by atoms with Gasteiger partial charge < -0.3 is 4.74 Å². The number of esters is 1. The van der Waals surface area contributed by atoms with Gasteiger partial charge in [0.1, 0.15) is 0 Å². The van der Waals surface area contributed by atoms with E-state index in [-0.39, 0.29) is 11.9 Å². The standard InChI is InChI=1S/C19H18O2/c1-3-21-19(20)17-12-14-9-5-7-11-16(14)18(17)15-10-6-4-8-13(15)2/h4-12,18H,3H2,1-2H3. The Labute approximate surface area is 125 Å². The van der Waals surface area contributed by atoms with Crippen LogP contribution in [-0.2, 0) is 9.53 Å². The summed E-state index contributed by atoms with van der Waals surface area (Å²) in [5, 5.41) is 0. The summed E-state index contributed by atoms with van der Waals surface area (Å²) in [6.07, 6.45) is 1.96. The number of carbonyl (C=O) groups is 1. The number of benzene rings is 2. The summed E-state index contributed by atoms with van der Waals surface area (Å²) in [6, 6.07) is 16.4. The maximum absolute atomic E-state index is 12.3. The van der Waals surface area contributed by atoms with Crippen LogP contribution in [0.15, 0.2) is 54.1 Å². The number of hydrogen-bond acceptors (Lipinski definition) is 2. The molecule has 0 heterocycles. The monoisotopic (exact) mass is 278 g/mol. The van der Waals surface area contributed by atoms with Crippen molar-refractivity contribution in [2.75, 3.05) is 6.61 Å². The maximum atomic E-state index is 12.3. The van der Waals surface area contributed by atoms with Crippen LogP contribution in [-0.4, -0.2) is 12.6 Å². The Kier molecular flexibility index (Phi) is 3.61. The lowest BCUT2D eigenvalue weighted by molar-refractivity contribution is -0.138. The van der Waals surface area contributed by atoms with Gasteiger partial charge in [-0.3, -0.25) is 0 Å². The molecule has 0 spiro atoms. The number of aryl methyl sites for hydroxylation is 1. The Bertz CT molecular complexity index is 713. The molecule has 0 saturated carbocycles. The molecule has 0 aliphatic heterocycles. The van der Waals surface area contributed by atoms with E-state index in [1.165, 1.54) is 16.7 Å².